The third kappa shape index (κ3) is 4.39. The van der Waals surface area contributed by atoms with Gasteiger partial charge < -0.3 is 5.32 Å². The summed E-state index contributed by atoms with van der Waals surface area (Å²) in [5, 5.41) is 15.3. The quantitative estimate of drug-likeness (QED) is 0.760. The van der Waals surface area contributed by atoms with Crippen LogP contribution in [0.4, 0.5) is 4.39 Å². The van der Waals surface area contributed by atoms with E-state index < -0.39 is 0 Å². The third-order valence-electron chi connectivity index (χ3n) is 3.57. The lowest BCUT2D eigenvalue weighted by Crippen LogP contribution is -2.30. The number of aromatic nitrogens is 4. The first-order valence-electron chi connectivity index (χ1n) is 7.60. The van der Waals surface area contributed by atoms with E-state index in [1.807, 2.05) is 19.1 Å². The number of hydrogen-bond donors (Lipinski definition) is 1. The summed E-state index contributed by atoms with van der Waals surface area (Å²) in [7, 11) is 0. The van der Waals surface area contributed by atoms with E-state index in [0.717, 1.165) is 5.56 Å². The second-order valence-electron chi connectivity index (χ2n) is 5.49. The van der Waals surface area contributed by atoms with Gasteiger partial charge in [-0.1, -0.05) is 23.7 Å². The van der Waals surface area contributed by atoms with E-state index in [0.29, 0.717) is 16.4 Å². The molecule has 3 aromatic rings. The maximum Gasteiger partial charge on any atom is 0.244 e. The number of halogens is 2. The number of hydrogen-bond acceptors (Lipinski definition) is 4. The van der Waals surface area contributed by atoms with Crippen molar-refractivity contribution >= 4 is 17.5 Å². The fourth-order valence-corrected chi connectivity index (χ4v) is 2.50. The van der Waals surface area contributed by atoms with Crippen molar-refractivity contribution in [3.63, 3.8) is 0 Å². The Labute approximate surface area is 148 Å². The van der Waals surface area contributed by atoms with Gasteiger partial charge in [-0.3, -0.25) is 4.79 Å². The molecule has 0 aliphatic carbocycles. The van der Waals surface area contributed by atoms with Gasteiger partial charge in [0.05, 0.1) is 6.04 Å². The highest BCUT2D eigenvalue weighted by Gasteiger charge is 2.13. The average Bonchev–Trinajstić information content (AvgIpc) is 3.03. The number of amides is 1. The highest BCUT2D eigenvalue weighted by atomic mass is 35.5. The van der Waals surface area contributed by atoms with E-state index in [2.05, 4.69) is 20.7 Å². The van der Waals surface area contributed by atoms with Crippen molar-refractivity contribution in [1.29, 1.82) is 0 Å². The molecule has 25 heavy (non-hydrogen) atoms. The monoisotopic (exact) mass is 359 g/mol. The molecule has 1 unspecified atom stereocenters. The Morgan fingerprint density at radius 2 is 2.04 bits per heavy atom. The van der Waals surface area contributed by atoms with Gasteiger partial charge >= 0.3 is 0 Å². The minimum Gasteiger partial charge on any atom is -0.348 e. The van der Waals surface area contributed by atoms with E-state index in [1.54, 1.807) is 24.3 Å². The van der Waals surface area contributed by atoms with E-state index >= 15 is 0 Å². The van der Waals surface area contributed by atoms with Crippen LogP contribution in [-0.2, 0) is 11.3 Å². The molecule has 1 atom stereocenters. The number of rotatable bonds is 5. The fourth-order valence-electron chi connectivity index (χ4n) is 2.30. The Kier molecular flexibility index (Phi) is 5.04. The van der Waals surface area contributed by atoms with E-state index in [1.165, 1.54) is 16.9 Å². The summed E-state index contributed by atoms with van der Waals surface area (Å²) in [6, 6.07) is 12.8. The second kappa shape index (κ2) is 7.40. The highest BCUT2D eigenvalue weighted by molar-refractivity contribution is 6.30. The molecule has 0 saturated carbocycles. The molecule has 0 radical (unpaired) electrons. The van der Waals surface area contributed by atoms with Gasteiger partial charge in [-0.05, 0) is 54.1 Å². The van der Waals surface area contributed by atoms with Gasteiger partial charge in [-0.25, -0.2) is 4.39 Å². The van der Waals surface area contributed by atoms with Crippen LogP contribution in [0, 0.1) is 5.82 Å². The van der Waals surface area contributed by atoms with Crippen molar-refractivity contribution in [3.05, 3.63) is 64.9 Å². The molecule has 1 N–H and O–H groups in total. The summed E-state index contributed by atoms with van der Waals surface area (Å²) in [6.07, 6.45) is 0. The van der Waals surface area contributed by atoms with Crippen LogP contribution in [0.2, 0.25) is 5.02 Å². The van der Waals surface area contributed by atoms with Crippen LogP contribution < -0.4 is 5.32 Å². The normalized spacial score (nSPS) is 12.0. The topological polar surface area (TPSA) is 72.7 Å². The average molecular weight is 360 g/mol. The zero-order valence-electron chi connectivity index (χ0n) is 13.4. The molecule has 8 heteroatoms. The van der Waals surface area contributed by atoms with Crippen molar-refractivity contribution in [2.75, 3.05) is 0 Å². The van der Waals surface area contributed by atoms with E-state index in [4.69, 9.17) is 11.6 Å². The Balaban J connectivity index is 1.62. The molecule has 1 aromatic heterocycles. The van der Waals surface area contributed by atoms with Crippen molar-refractivity contribution in [1.82, 2.24) is 25.5 Å². The summed E-state index contributed by atoms with van der Waals surface area (Å²) in [4.78, 5) is 13.3. The highest BCUT2D eigenvalue weighted by Crippen LogP contribution is 2.17. The van der Waals surface area contributed by atoms with Gasteiger partial charge in [-0.2, -0.15) is 4.80 Å². The van der Waals surface area contributed by atoms with Crippen molar-refractivity contribution in [2.24, 2.45) is 0 Å². The molecule has 0 spiro atoms. The van der Waals surface area contributed by atoms with Crippen LogP contribution in [0.15, 0.2) is 48.5 Å². The van der Waals surface area contributed by atoms with Crippen molar-refractivity contribution in [2.45, 2.75) is 19.5 Å². The summed E-state index contributed by atoms with van der Waals surface area (Å²) in [5.74, 6) is -0.267. The number of nitrogens with one attached hydrogen (secondary N) is 1. The Morgan fingerprint density at radius 1 is 1.28 bits per heavy atom. The number of tetrazole rings is 1. The smallest absolute Gasteiger partial charge is 0.244 e. The molecule has 0 aliphatic rings. The molecule has 3 rings (SSSR count). The second-order valence-corrected chi connectivity index (χ2v) is 5.93. The molecular formula is C17H15ClFN5O. The zero-order valence-corrected chi connectivity index (χ0v) is 14.1. The number of nitrogens with zero attached hydrogens (tertiary/aromatic N) is 4. The SMILES string of the molecule is CC(NC(=O)Cn1nnc(-c2ccc(F)cc2)n1)c1cccc(Cl)c1. The van der Waals surface area contributed by atoms with E-state index in [9.17, 15) is 9.18 Å². The van der Waals surface area contributed by atoms with Gasteiger partial charge in [0.25, 0.3) is 0 Å². The first-order chi connectivity index (χ1) is 12.0. The van der Waals surface area contributed by atoms with Gasteiger partial charge in [0.2, 0.25) is 11.7 Å². The van der Waals surface area contributed by atoms with Crippen LogP contribution in [-0.4, -0.2) is 26.1 Å². The predicted octanol–water partition coefficient (Wildman–Crippen LogP) is 3.01. The third-order valence-corrected chi connectivity index (χ3v) is 3.80. The molecule has 0 fully saturated rings. The maximum atomic E-state index is 12.9. The lowest BCUT2D eigenvalue weighted by molar-refractivity contribution is -0.122. The Bertz CT molecular complexity index is 881. The summed E-state index contributed by atoms with van der Waals surface area (Å²) >= 11 is 5.96. The van der Waals surface area contributed by atoms with Crippen LogP contribution in [0.3, 0.4) is 0 Å². The molecule has 0 saturated heterocycles. The molecule has 1 amide bonds. The molecule has 6 nitrogen and oxygen atoms in total. The zero-order chi connectivity index (χ0) is 17.8. The summed E-state index contributed by atoms with van der Waals surface area (Å²) in [6.45, 7) is 1.79. The predicted molar refractivity (Wildman–Crippen MR) is 91.2 cm³/mol. The van der Waals surface area contributed by atoms with Crippen LogP contribution in [0.1, 0.15) is 18.5 Å². The van der Waals surface area contributed by atoms with Crippen molar-refractivity contribution < 1.29 is 9.18 Å². The van der Waals surface area contributed by atoms with Gasteiger partial charge in [0, 0.05) is 10.6 Å². The summed E-state index contributed by atoms with van der Waals surface area (Å²) < 4.78 is 12.9. The minimum absolute atomic E-state index is 0.0703. The first kappa shape index (κ1) is 17.0. The van der Waals surface area contributed by atoms with Gasteiger partial charge in [-0.15, -0.1) is 10.2 Å². The Morgan fingerprint density at radius 3 is 2.76 bits per heavy atom. The number of benzene rings is 2. The van der Waals surface area contributed by atoms with Gasteiger partial charge in [0.15, 0.2) is 0 Å². The first-order valence-corrected chi connectivity index (χ1v) is 7.97. The molecular weight excluding hydrogens is 345 g/mol. The lowest BCUT2D eigenvalue weighted by Gasteiger charge is -2.14. The number of carbonyl (C=O) groups is 1. The largest absolute Gasteiger partial charge is 0.348 e. The van der Waals surface area contributed by atoms with E-state index in [-0.39, 0.29) is 24.3 Å². The minimum atomic E-state index is -0.342. The lowest BCUT2D eigenvalue weighted by atomic mass is 10.1. The van der Waals surface area contributed by atoms with Crippen LogP contribution in [0.25, 0.3) is 11.4 Å². The van der Waals surface area contributed by atoms with Crippen LogP contribution in [0.5, 0.6) is 0 Å². The maximum absolute atomic E-state index is 12.9. The summed E-state index contributed by atoms with van der Waals surface area (Å²) in [5.41, 5.74) is 1.53. The van der Waals surface area contributed by atoms with Crippen molar-refractivity contribution in [3.8, 4) is 11.4 Å². The standard InChI is InChI=1S/C17H15ClFN5O/c1-11(13-3-2-4-14(18)9-13)20-16(25)10-24-22-17(21-23-24)12-5-7-15(19)8-6-12/h2-9,11H,10H2,1H3,(H,20,25). The Hall–Kier alpha value is -2.80. The molecule has 1 heterocycles. The molecule has 128 valence electrons. The number of carbonyl (C=O) groups excluding carboxylic acids is 1. The molecule has 0 bridgehead atoms. The molecule has 0 aliphatic heterocycles. The molecule has 2 aromatic carbocycles. The fraction of sp³-hybridized carbons (Fsp3) is 0.176. The van der Waals surface area contributed by atoms with Gasteiger partial charge in [0.1, 0.15) is 12.4 Å². The van der Waals surface area contributed by atoms with Crippen LogP contribution >= 0.6 is 11.6 Å².